The maximum atomic E-state index is 9.52. The van der Waals surface area contributed by atoms with Crippen LogP contribution in [0.15, 0.2) is 11.5 Å². The standard InChI is InChI=1S/C3H4O2S.H3N/c1-2(6)3(4)5;/h6H,1H2,(H,4,5);1H3. The number of carboxylic acid groups (broad SMARTS) is 1. The fraction of sp³-hybridized carbons (Fsp3) is 0. The zero-order chi connectivity index (χ0) is 5.15. The Bertz CT molecular complexity index is 78.9. The summed E-state index contributed by atoms with van der Waals surface area (Å²) in [5.74, 6) is -1.07. The van der Waals surface area contributed by atoms with Gasteiger partial charge >= 0.3 is 5.97 Å². The van der Waals surface area contributed by atoms with Crippen LogP contribution in [0, 0.1) is 0 Å². The fourth-order valence-electron chi connectivity index (χ4n) is 0. The molecule has 0 aromatic carbocycles. The molecule has 0 aromatic heterocycles. The van der Waals surface area contributed by atoms with E-state index in [-0.39, 0.29) is 11.1 Å². The first-order chi connectivity index (χ1) is 2.64. The highest BCUT2D eigenvalue weighted by molar-refractivity contribution is 7.85. The van der Waals surface area contributed by atoms with Crippen LogP contribution in [-0.2, 0) is 4.79 Å². The van der Waals surface area contributed by atoms with Gasteiger partial charge in [-0.3, -0.25) is 0 Å². The van der Waals surface area contributed by atoms with E-state index in [1.165, 1.54) is 0 Å². The summed E-state index contributed by atoms with van der Waals surface area (Å²) in [6, 6.07) is 0. The Balaban J connectivity index is 0. The van der Waals surface area contributed by atoms with Gasteiger partial charge in [0.1, 0.15) is 0 Å². The van der Waals surface area contributed by atoms with Gasteiger partial charge in [0.15, 0.2) is 0 Å². The van der Waals surface area contributed by atoms with Gasteiger partial charge in [0.05, 0.1) is 4.91 Å². The Morgan fingerprint density at radius 2 is 1.86 bits per heavy atom. The third kappa shape index (κ3) is 5.52. The predicted octanol–water partition coefficient (Wildman–Crippen LogP) is 0.676. The first kappa shape index (κ1) is 9.72. The summed E-state index contributed by atoms with van der Waals surface area (Å²) in [7, 11) is 0. The van der Waals surface area contributed by atoms with E-state index in [0.29, 0.717) is 0 Å². The van der Waals surface area contributed by atoms with E-state index in [0.717, 1.165) is 0 Å². The highest BCUT2D eigenvalue weighted by Gasteiger charge is 1.91. The molecule has 0 amide bonds. The molecule has 4 heteroatoms. The molecule has 7 heavy (non-hydrogen) atoms. The van der Waals surface area contributed by atoms with Crippen molar-refractivity contribution < 1.29 is 9.90 Å². The topological polar surface area (TPSA) is 72.3 Å². The van der Waals surface area contributed by atoms with Gasteiger partial charge in [0.2, 0.25) is 0 Å². The lowest BCUT2D eigenvalue weighted by atomic mass is 10.7. The van der Waals surface area contributed by atoms with Gasteiger partial charge in [-0.25, -0.2) is 4.79 Å². The van der Waals surface area contributed by atoms with E-state index in [2.05, 4.69) is 19.2 Å². The Hall–Kier alpha value is -0.480. The highest BCUT2D eigenvalue weighted by Crippen LogP contribution is 1.91. The van der Waals surface area contributed by atoms with Crippen LogP contribution in [0.25, 0.3) is 0 Å². The molecule has 0 saturated carbocycles. The SMILES string of the molecule is C=C(S)C(=O)O.N. The second kappa shape index (κ2) is 3.70. The number of thiol groups is 1. The molecule has 0 heterocycles. The molecule has 0 saturated heterocycles. The average Bonchev–Trinajstić information content (AvgIpc) is 1.36. The second-order valence-corrected chi connectivity index (χ2v) is 1.29. The normalized spacial score (nSPS) is 6.43. The van der Waals surface area contributed by atoms with Crippen LogP contribution in [0.1, 0.15) is 0 Å². The number of hydrogen-bond acceptors (Lipinski definition) is 3. The molecule has 0 radical (unpaired) electrons. The number of carbonyl (C=O) groups is 1. The van der Waals surface area contributed by atoms with Gasteiger partial charge in [-0.2, -0.15) is 0 Å². The average molecular weight is 121 g/mol. The molecule has 4 N–H and O–H groups in total. The van der Waals surface area contributed by atoms with Crippen LogP contribution in [0.3, 0.4) is 0 Å². The molecule has 0 aromatic rings. The van der Waals surface area contributed by atoms with Crippen molar-refractivity contribution in [3.63, 3.8) is 0 Å². The number of carboxylic acids is 1. The third-order valence-electron chi connectivity index (χ3n) is 0.247. The summed E-state index contributed by atoms with van der Waals surface area (Å²) in [4.78, 5) is 9.39. The van der Waals surface area contributed by atoms with Crippen LogP contribution < -0.4 is 6.15 Å². The maximum absolute atomic E-state index is 9.52. The van der Waals surface area contributed by atoms with Gasteiger partial charge in [0, 0.05) is 0 Å². The molecule has 0 rings (SSSR count). The zero-order valence-corrected chi connectivity index (χ0v) is 4.61. The largest absolute Gasteiger partial charge is 0.477 e. The molecule has 3 nitrogen and oxygen atoms in total. The minimum atomic E-state index is -1.07. The zero-order valence-electron chi connectivity index (χ0n) is 3.72. The van der Waals surface area contributed by atoms with Gasteiger partial charge in [-0.05, 0) is 0 Å². The minimum Gasteiger partial charge on any atom is -0.477 e. The van der Waals surface area contributed by atoms with E-state index in [1.54, 1.807) is 0 Å². The van der Waals surface area contributed by atoms with Crippen molar-refractivity contribution in [3.8, 4) is 0 Å². The van der Waals surface area contributed by atoms with E-state index < -0.39 is 5.97 Å². The molecule has 0 unspecified atom stereocenters. The summed E-state index contributed by atoms with van der Waals surface area (Å²) in [6.07, 6.45) is 0. The van der Waals surface area contributed by atoms with Gasteiger partial charge in [-0.15, -0.1) is 12.6 Å². The molecule has 0 aliphatic rings. The van der Waals surface area contributed by atoms with Gasteiger partial charge < -0.3 is 11.3 Å². The number of rotatable bonds is 1. The van der Waals surface area contributed by atoms with Crippen molar-refractivity contribution >= 4 is 18.6 Å². The maximum Gasteiger partial charge on any atom is 0.341 e. The monoisotopic (exact) mass is 121 g/mol. The Morgan fingerprint density at radius 1 is 1.71 bits per heavy atom. The molecule has 0 aliphatic carbocycles. The first-order valence-electron chi connectivity index (χ1n) is 1.25. The molecule has 0 bridgehead atoms. The summed E-state index contributed by atoms with van der Waals surface area (Å²) in [6.45, 7) is 3.02. The summed E-state index contributed by atoms with van der Waals surface area (Å²) < 4.78 is 0. The van der Waals surface area contributed by atoms with Crippen molar-refractivity contribution in [3.05, 3.63) is 11.5 Å². The van der Waals surface area contributed by atoms with Crippen LogP contribution in [0.5, 0.6) is 0 Å². The van der Waals surface area contributed by atoms with Crippen molar-refractivity contribution in [1.82, 2.24) is 6.15 Å². The molecular weight excluding hydrogens is 114 g/mol. The molecule has 0 atom stereocenters. The third-order valence-corrected chi connectivity index (χ3v) is 0.438. The number of aliphatic carboxylic acids is 1. The van der Waals surface area contributed by atoms with E-state index in [4.69, 9.17) is 5.11 Å². The van der Waals surface area contributed by atoms with Crippen molar-refractivity contribution in [2.24, 2.45) is 0 Å². The lowest BCUT2D eigenvalue weighted by Gasteiger charge is -1.78. The minimum absolute atomic E-state index is 0. The van der Waals surface area contributed by atoms with E-state index in [1.807, 2.05) is 0 Å². The highest BCUT2D eigenvalue weighted by atomic mass is 32.1. The molecular formula is C3H7NO2S. The van der Waals surface area contributed by atoms with E-state index >= 15 is 0 Å². The van der Waals surface area contributed by atoms with E-state index in [9.17, 15) is 4.79 Å². The lowest BCUT2D eigenvalue weighted by molar-refractivity contribution is -0.131. The second-order valence-electron chi connectivity index (χ2n) is 0.752. The number of hydrogen-bond donors (Lipinski definition) is 3. The predicted molar refractivity (Wildman–Crippen MR) is 30.8 cm³/mol. The molecule has 0 fully saturated rings. The molecule has 0 spiro atoms. The molecule has 0 aliphatic heterocycles. The van der Waals surface area contributed by atoms with Crippen LogP contribution in [0.4, 0.5) is 0 Å². The van der Waals surface area contributed by atoms with Crippen molar-refractivity contribution in [1.29, 1.82) is 0 Å². The van der Waals surface area contributed by atoms with Crippen LogP contribution in [0.2, 0.25) is 0 Å². The van der Waals surface area contributed by atoms with Gasteiger partial charge in [0.25, 0.3) is 0 Å². The first-order valence-corrected chi connectivity index (χ1v) is 1.70. The summed E-state index contributed by atoms with van der Waals surface area (Å²) >= 11 is 3.40. The smallest absolute Gasteiger partial charge is 0.341 e. The fourth-order valence-corrected chi connectivity index (χ4v) is 0. The summed E-state index contributed by atoms with van der Waals surface area (Å²) in [5, 5.41) is 7.81. The lowest BCUT2D eigenvalue weighted by Crippen LogP contribution is -1.89. The Morgan fingerprint density at radius 3 is 1.86 bits per heavy atom. The Kier molecular flexibility index (Phi) is 5.14. The van der Waals surface area contributed by atoms with Crippen LogP contribution >= 0.6 is 12.6 Å². The van der Waals surface area contributed by atoms with Crippen molar-refractivity contribution in [2.45, 2.75) is 0 Å². The van der Waals surface area contributed by atoms with Gasteiger partial charge in [-0.1, -0.05) is 6.58 Å². The quantitative estimate of drug-likeness (QED) is 0.353. The summed E-state index contributed by atoms with van der Waals surface area (Å²) in [5.41, 5.74) is 0. The van der Waals surface area contributed by atoms with Crippen molar-refractivity contribution in [2.75, 3.05) is 0 Å². The Labute approximate surface area is 47.0 Å². The molecule has 42 valence electrons. The van der Waals surface area contributed by atoms with Crippen LogP contribution in [-0.4, -0.2) is 11.1 Å².